The summed E-state index contributed by atoms with van der Waals surface area (Å²) >= 11 is 0. The lowest BCUT2D eigenvalue weighted by molar-refractivity contribution is -0.143. The summed E-state index contributed by atoms with van der Waals surface area (Å²) in [6, 6.07) is -1.11. The molecule has 2 unspecified atom stereocenters. The number of carbonyl (C=O) groups is 2. The quantitative estimate of drug-likeness (QED) is 0.424. The summed E-state index contributed by atoms with van der Waals surface area (Å²) in [5, 5.41) is 28.2. The van der Waals surface area contributed by atoms with Crippen LogP contribution in [0.1, 0.15) is 13.3 Å². The summed E-state index contributed by atoms with van der Waals surface area (Å²) in [4.78, 5) is 20.5. The van der Waals surface area contributed by atoms with Crippen molar-refractivity contribution in [2.75, 3.05) is 6.54 Å². The fraction of sp³-hybridized carbons (Fsp3) is 0.714. The van der Waals surface area contributed by atoms with Crippen molar-refractivity contribution in [3.05, 3.63) is 0 Å². The Bertz CT molecular complexity index is 191. The highest BCUT2D eigenvalue weighted by Gasteiger charge is 2.21. The van der Waals surface area contributed by atoms with Crippen molar-refractivity contribution in [3.63, 3.8) is 0 Å². The molecule has 0 aliphatic carbocycles. The molecule has 0 spiro atoms. The molecule has 0 bridgehead atoms. The molecule has 0 aromatic carbocycles. The van der Waals surface area contributed by atoms with Crippen molar-refractivity contribution in [2.24, 2.45) is 0 Å². The number of nitrogens with one attached hydrogen (secondary N) is 1. The number of carboxylic acids is 2. The van der Waals surface area contributed by atoms with Crippen LogP contribution in [0.15, 0.2) is 0 Å². The van der Waals surface area contributed by atoms with E-state index in [-0.39, 0.29) is 13.0 Å². The van der Waals surface area contributed by atoms with Crippen molar-refractivity contribution < 1.29 is 24.9 Å². The fourth-order valence-corrected chi connectivity index (χ4v) is 0.799. The molecule has 0 rings (SSSR count). The molecule has 0 aliphatic heterocycles. The number of rotatable bonds is 6. The van der Waals surface area contributed by atoms with E-state index in [0.29, 0.717) is 0 Å². The average Bonchev–Trinajstić information content (AvgIpc) is 1.95. The van der Waals surface area contributed by atoms with E-state index in [1.54, 1.807) is 0 Å². The van der Waals surface area contributed by atoms with E-state index in [9.17, 15) is 9.59 Å². The van der Waals surface area contributed by atoms with Gasteiger partial charge in [-0.25, -0.2) is 0 Å². The summed E-state index contributed by atoms with van der Waals surface area (Å²) in [5.74, 6) is -2.21. The summed E-state index contributed by atoms with van der Waals surface area (Å²) in [5.41, 5.74) is 0. The summed E-state index contributed by atoms with van der Waals surface area (Å²) < 4.78 is 0. The van der Waals surface area contributed by atoms with Crippen LogP contribution in [0.5, 0.6) is 0 Å². The summed E-state index contributed by atoms with van der Waals surface area (Å²) in [6.07, 6.45) is -1.22. The van der Waals surface area contributed by atoms with Gasteiger partial charge in [0.25, 0.3) is 0 Å². The Labute approximate surface area is 75.2 Å². The normalized spacial score (nSPS) is 14.9. The van der Waals surface area contributed by atoms with Gasteiger partial charge in [0.05, 0.1) is 12.5 Å². The lowest BCUT2D eigenvalue weighted by Crippen LogP contribution is -2.45. The lowest BCUT2D eigenvalue weighted by atomic mass is 10.2. The zero-order valence-corrected chi connectivity index (χ0v) is 7.23. The number of carboxylic acid groups (broad SMARTS) is 2. The van der Waals surface area contributed by atoms with Crippen LogP contribution in [0.2, 0.25) is 0 Å². The van der Waals surface area contributed by atoms with Crippen molar-refractivity contribution in [3.8, 4) is 0 Å². The maximum atomic E-state index is 10.4. The molecule has 0 aliphatic rings. The molecule has 6 nitrogen and oxygen atoms in total. The van der Waals surface area contributed by atoms with Crippen molar-refractivity contribution in [1.82, 2.24) is 5.32 Å². The van der Waals surface area contributed by atoms with E-state index in [4.69, 9.17) is 15.3 Å². The SMILES string of the molecule is CC(O)C(NCCC(=O)O)C(=O)O. The molecule has 4 N–H and O–H groups in total. The van der Waals surface area contributed by atoms with Gasteiger partial charge in [-0.2, -0.15) is 0 Å². The van der Waals surface area contributed by atoms with E-state index in [1.165, 1.54) is 6.92 Å². The monoisotopic (exact) mass is 191 g/mol. The first-order valence-electron chi connectivity index (χ1n) is 3.81. The van der Waals surface area contributed by atoms with Gasteiger partial charge in [0, 0.05) is 6.54 Å². The predicted octanol–water partition coefficient (Wildman–Crippen LogP) is -1.12. The third-order valence-corrected chi connectivity index (χ3v) is 1.45. The van der Waals surface area contributed by atoms with Crippen LogP contribution in [0.4, 0.5) is 0 Å². The van der Waals surface area contributed by atoms with E-state index < -0.39 is 24.1 Å². The largest absolute Gasteiger partial charge is 0.481 e. The zero-order chi connectivity index (χ0) is 10.4. The highest BCUT2D eigenvalue weighted by Crippen LogP contribution is 1.92. The average molecular weight is 191 g/mol. The Hall–Kier alpha value is -1.14. The first-order valence-corrected chi connectivity index (χ1v) is 3.81. The molecule has 0 amide bonds. The third-order valence-electron chi connectivity index (χ3n) is 1.45. The Balaban J connectivity index is 3.84. The van der Waals surface area contributed by atoms with Gasteiger partial charge in [0.2, 0.25) is 0 Å². The Morgan fingerprint density at radius 2 is 1.92 bits per heavy atom. The van der Waals surface area contributed by atoms with Crippen LogP contribution in [0.25, 0.3) is 0 Å². The molecular weight excluding hydrogens is 178 g/mol. The highest BCUT2D eigenvalue weighted by molar-refractivity contribution is 5.74. The zero-order valence-electron chi connectivity index (χ0n) is 7.23. The third kappa shape index (κ3) is 5.15. The molecule has 0 radical (unpaired) electrons. The minimum Gasteiger partial charge on any atom is -0.481 e. The van der Waals surface area contributed by atoms with Crippen LogP contribution in [-0.2, 0) is 9.59 Å². The van der Waals surface area contributed by atoms with Gasteiger partial charge in [-0.3, -0.25) is 9.59 Å². The van der Waals surface area contributed by atoms with Crippen molar-refractivity contribution >= 4 is 11.9 Å². The highest BCUT2D eigenvalue weighted by atomic mass is 16.4. The molecule has 0 heterocycles. The van der Waals surface area contributed by atoms with Crippen LogP contribution in [0.3, 0.4) is 0 Å². The van der Waals surface area contributed by atoms with Crippen LogP contribution >= 0.6 is 0 Å². The standard InChI is InChI=1S/C7H13NO5/c1-4(9)6(7(12)13)8-3-2-5(10)11/h4,6,8-9H,2-3H2,1H3,(H,10,11)(H,12,13). The number of hydrogen-bond acceptors (Lipinski definition) is 4. The molecule has 6 heteroatoms. The minimum atomic E-state index is -1.19. The van der Waals surface area contributed by atoms with Gasteiger partial charge >= 0.3 is 11.9 Å². The smallest absolute Gasteiger partial charge is 0.323 e. The van der Waals surface area contributed by atoms with Gasteiger partial charge in [0.1, 0.15) is 6.04 Å². The second kappa shape index (κ2) is 5.50. The number of aliphatic hydroxyl groups is 1. The molecule has 0 saturated carbocycles. The molecule has 0 saturated heterocycles. The van der Waals surface area contributed by atoms with E-state index in [1.807, 2.05) is 0 Å². The lowest BCUT2D eigenvalue weighted by Gasteiger charge is -2.15. The Kier molecular flexibility index (Phi) is 5.01. The topological polar surface area (TPSA) is 107 Å². The van der Waals surface area contributed by atoms with Gasteiger partial charge in [-0.1, -0.05) is 0 Å². The Morgan fingerprint density at radius 3 is 2.23 bits per heavy atom. The first kappa shape index (κ1) is 11.9. The van der Waals surface area contributed by atoms with E-state index in [0.717, 1.165) is 0 Å². The molecule has 2 atom stereocenters. The van der Waals surface area contributed by atoms with Crippen LogP contribution in [-0.4, -0.2) is 45.9 Å². The Morgan fingerprint density at radius 1 is 1.38 bits per heavy atom. The maximum Gasteiger partial charge on any atom is 0.323 e. The number of aliphatic carboxylic acids is 2. The van der Waals surface area contributed by atoms with Gasteiger partial charge in [0.15, 0.2) is 0 Å². The minimum absolute atomic E-state index is 0.0250. The molecule has 13 heavy (non-hydrogen) atoms. The molecule has 0 fully saturated rings. The van der Waals surface area contributed by atoms with Crippen LogP contribution < -0.4 is 5.32 Å². The van der Waals surface area contributed by atoms with E-state index in [2.05, 4.69) is 5.32 Å². The second-order valence-corrected chi connectivity index (χ2v) is 2.65. The molecular formula is C7H13NO5. The first-order chi connectivity index (χ1) is 5.95. The number of aliphatic hydroxyl groups excluding tert-OH is 1. The molecule has 0 aromatic heterocycles. The van der Waals surface area contributed by atoms with Crippen molar-refractivity contribution in [2.45, 2.75) is 25.5 Å². The predicted molar refractivity (Wildman–Crippen MR) is 43.4 cm³/mol. The number of hydrogen-bond donors (Lipinski definition) is 4. The molecule has 76 valence electrons. The molecule has 0 aromatic rings. The maximum absolute atomic E-state index is 10.4. The second-order valence-electron chi connectivity index (χ2n) is 2.65. The van der Waals surface area contributed by atoms with Gasteiger partial charge in [-0.05, 0) is 6.92 Å². The summed E-state index contributed by atoms with van der Waals surface area (Å²) in [7, 11) is 0. The summed E-state index contributed by atoms with van der Waals surface area (Å²) in [6.45, 7) is 1.35. The van der Waals surface area contributed by atoms with Gasteiger partial charge in [-0.15, -0.1) is 0 Å². The fourth-order valence-electron chi connectivity index (χ4n) is 0.799. The van der Waals surface area contributed by atoms with Crippen LogP contribution in [0, 0.1) is 0 Å². The van der Waals surface area contributed by atoms with Crippen molar-refractivity contribution in [1.29, 1.82) is 0 Å². The van der Waals surface area contributed by atoms with E-state index >= 15 is 0 Å². The van der Waals surface area contributed by atoms with Gasteiger partial charge < -0.3 is 20.6 Å².